The fourth-order valence-corrected chi connectivity index (χ4v) is 1.68. The molecular weight excluding hydrogens is 246 g/mol. The first-order chi connectivity index (χ1) is 9.08. The highest BCUT2D eigenvalue weighted by Crippen LogP contribution is 2.20. The maximum atomic E-state index is 13.7. The Morgan fingerprint density at radius 3 is 2.42 bits per heavy atom. The molecule has 19 heavy (non-hydrogen) atoms. The summed E-state index contributed by atoms with van der Waals surface area (Å²) in [5, 5.41) is 17.9. The maximum absolute atomic E-state index is 13.7. The van der Waals surface area contributed by atoms with Gasteiger partial charge >= 0.3 is 7.12 Å². The summed E-state index contributed by atoms with van der Waals surface area (Å²) in [6, 6.07) is 11.6. The molecule has 0 saturated heterocycles. The molecule has 2 aromatic rings. The van der Waals surface area contributed by atoms with Crippen molar-refractivity contribution in [1.82, 2.24) is 0 Å². The molecule has 0 aliphatic rings. The van der Waals surface area contributed by atoms with Crippen LogP contribution >= 0.6 is 0 Å². The second-order valence-electron chi connectivity index (χ2n) is 4.29. The van der Waals surface area contributed by atoms with Crippen LogP contribution in [0.4, 0.5) is 4.39 Å². The van der Waals surface area contributed by atoms with Crippen molar-refractivity contribution in [2.24, 2.45) is 0 Å². The third-order valence-electron chi connectivity index (χ3n) is 2.83. The summed E-state index contributed by atoms with van der Waals surface area (Å²) in [6.45, 7) is 1.90. The Kier molecular flexibility index (Phi) is 4.19. The molecule has 2 N–H and O–H groups in total. The molecule has 0 atom stereocenters. The van der Waals surface area contributed by atoms with Crippen LogP contribution in [0.25, 0.3) is 0 Å². The highest BCUT2D eigenvalue weighted by Gasteiger charge is 2.10. The minimum absolute atomic E-state index is 0.214. The standard InChI is InChI=1S/C14H14BFO3/c1-10-3-2-4-13(14(10)16)19-9-11-5-7-12(8-6-11)15(17)18/h2-8,17-18H,9H2,1H3. The molecule has 98 valence electrons. The van der Waals surface area contributed by atoms with E-state index in [0.717, 1.165) is 5.56 Å². The van der Waals surface area contributed by atoms with Gasteiger partial charge in [0.15, 0.2) is 11.6 Å². The number of rotatable bonds is 4. The Labute approximate surface area is 111 Å². The van der Waals surface area contributed by atoms with Crippen molar-refractivity contribution >= 4 is 12.6 Å². The summed E-state index contributed by atoms with van der Waals surface area (Å²) in [7, 11) is -1.48. The zero-order chi connectivity index (χ0) is 13.8. The molecule has 0 spiro atoms. The molecule has 5 heteroatoms. The molecule has 0 saturated carbocycles. The first-order valence-electron chi connectivity index (χ1n) is 5.91. The van der Waals surface area contributed by atoms with Gasteiger partial charge in [0.05, 0.1) is 0 Å². The SMILES string of the molecule is Cc1cccc(OCc2ccc(B(O)O)cc2)c1F. The van der Waals surface area contributed by atoms with Gasteiger partial charge in [-0.3, -0.25) is 0 Å². The van der Waals surface area contributed by atoms with E-state index in [2.05, 4.69) is 0 Å². The van der Waals surface area contributed by atoms with Gasteiger partial charge in [0.25, 0.3) is 0 Å². The van der Waals surface area contributed by atoms with Crippen molar-refractivity contribution < 1.29 is 19.2 Å². The molecule has 0 fully saturated rings. The number of aryl methyl sites for hydroxylation is 1. The van der Waals surface area contributed by atoms with Crippen molar-refractivity contribution in [3.63, 3.8) is 0 Å². The van der Waals surface area contributed by atoms with Crippen LogP contribution in [-0.4, -0.2) is 17.2 Å². The van der Waals surface area contributed by atoms with Crippen molar-refractivity contribution in [3.05, 3.63) is 59.4 Å². The smallest absolute Gasteiger partial charge is 0.486 e. The Hall–Kier alpha value is -1.85. The van der Waals surface area contributed by atoms with Crippen molar-refractivity contribution in [2.45, 2.75) is 13.5 Å². The minimum Gasteiger partial charge on any atom is -0.486 e. The quantitative estimate of drug-likeness (QED) is 0.817. The van der Waals surface area contributed by atoms with Gasteiger partial charge < -0.3 is 14.8 Å². The largest absolute Gasteiger partial charge is 0.488 e. The Morgan fingerprint density at radius 1 is 1.11 bits per heavy atom. The predicted molar refractivity (Wildman–Crippen MR) is 71.7 cm³/mol. The van der Waals surface area contributed by atoms with E-state index in [9.17, 15) is 4.39 Å². The zero-order valence-electron chi connectivity index (χ0n) is 10.5. The fraction of sp³-hybridized carbons (Fsp3) is 0.143. The van der Waals surface area contributed by atoms with Crippen LogP contribution in [0.5, 0.6) is 5.75 Å². The van der Waals surface area contributed by atoms with Crippen LogP contribution < -0.4 is 10.2 Å². The summed E-state index contributed by atoms with van der Waals surface area (Å²) in [5.41, 5.74) is 1.77. The molecule has 0 unspecified atom stereocenters. The summed E-state index contributed by atoms with van der Waals surface area (Å²) in [4.78, 5) is 0. The van der Waals surface area contributed by atoms with Gasteiger partial charge in [-0.1, -0.05) is 36.4 Å². The lowest BCUT2D eigenvalue weighted by atomic mass is 9.80. The van der Waals surface area contributed by atoms with Crippen molar-refractivity contribution in [2.75, 3.05) is 0 Å². The molecule has 0 aliphatic carbocycles. The second-order valence-corrected chi connectivity index (χ2v) is 4.29. The normalized spacial score (nSPS) is 10.3. The van der Waals surface area contributed by atoms with E-state index in [1.807, 2.05) is 0 Å². The second kappa shape index (κ2) is 5.86. The molecule has 0 aliphatic heterocycles. The molecule has 3 nitrogen and oxygen atoms in total. The van der Waals surface area contributed by atoms with Crippen LogP contribution in [0.15, 0.2) is 42.5 Å². The number of benzene rings is 2. The summed E-state index contributed by atoms with van der Waals surface area (Å²) in [6.07, 6.45) is 0. The van der Waals surface area contributed by atoms with E-state index in [1.165, 1.54) is 0 Å². The topological polar surface area (TPSA) is 49.7 Å². The Morgan fingerprint density at radius 2 is 1.79 bits per heavy atom. The van der Waals surface area contributed by atoms with Crippen molar-refractivity contribution in [1.29, 1.82) is 0 Å². The van der Waals surface area contributed by atoms with Gasteiger partial charge in [-0.25, -0.2) is 4.39 Å². The van der Waals surface area contributed by atoms with Crippen LogP contribution in [0.3, 0.4) is 0 Å². The fourth-order valence-electron chi connectivity index (χ4n) is 1.68. The van der Waals surface area contributed by atoms with E-state index in [1.54, 1.807) is 49.4 Å². The van der Waals surface area contributed by atoms with Gasteiger partial charge in [-0.15, -0.1) is 0 Å². The average Bonchev–Trinajstić information content (AvgIpc) is 2.41. The lowest BCUT2D eigenvalue weighted by molar-refractivity contribution is 0.289. The molecule has 2 aromatic carbocycles. The first-order valence-corrected chi connectivity index (χ1v) is 5.91. The Bertz CT molecular complexity index is 555. The van der Waals surface area contributed by atoms with Crippen LogP contribution in [0, 0.1) is 12.7 Å². The number of hydrogen-bond donors (Lipinski definition) is 2. The average molecular weight is 260 g/mol. The van der Waals surface area contributed by atoms with E-state index in [-0.39, 0.29) is 18.2 Å². The van der Waals surface area contributed by atoms with Gasteiger partial charge in [-0.2, -0.15) is 0 Å². The molecule has 0 aromatic heterocycles. The third kappa shape index (κ3) is 3.33. The predicted octanol–water partition coefficient (Wildman–Crippen LogP) is 1.39. The summed E-state index contributed by atoms with van der Waals surface area (Å²) >= 11 is 0. The lowest BCUT2D eigenvalue weighted by Gasteiger charge is -2.09. The molecule has 0 heterocycles. The van der Waals surface area contributed by atoms with E-state index < -0.39 is 7.12 Å². The monoisotopic (exact) mass is 260 g/mol. The van der Waals surface area contributed by atoms with Gasteiger partial charge in [-0.05, 0) is 29.6 Å². The molecule has 2 rings (SSSR count). The van der Waals surface area contributed by atoms with E-state index >= 15 is 0 Å². The number of ether oxygens (including phenoxy) is 1. The van der Waals surface area contributed by atoms with Gasteiger partial charge in [0.2, 0.25) is 0 Å². The number of hydrogen-bond acceptors (Lipinski definition) is 3. The van der Waals surface area contributed by atoms with Crippen LogP contribution in [0.2, 0.25) is 0 Å². The third-order valence-corrected chi connectivity index (χ3v) is 2.83. The molecule has 0 amide bonds. The number of halogens is 1. The zero-order valence-corrected chi connectivity index (χ0v) is 10.5. The van der Waals surface area contributed by atoms with Gasteiger partial charge in [0.1, 0.15) is 6.61 Å². The molecule has 0 bridgehead atoms. The molecule has 0 radical (unpaired) electrons. The first kappa shape index (κ1) is 13.6. The van der Waals surface area contributed by atoms with E-state index in [0.29, 0.717) is 11.0 Å². The summed E-state index contributed by atoms with van der Waals surface area (Å²) < 4.78 is 19.1. The maximum Gasteiger partial charge on any atom is 0.488 e. The van der Waals surface area contributed by atoms with Crippen LogP contribution in [-0.2, 0) is 6.61 Å². The summed E-state index contributed by atoms with van der Waals surface area (Å²) in [5.74, 6) is -0.142. The minimum atomic E-state index is -1.48. The molecular formula is C14H14BFO3. The van der Waals surface area contributed by atoms with Gasteiger partial charge in [0, 0.05) is 0 Å². The highest BCUT2D eigenvalue weighted by molar-refractivity contribution is 6.58. The lowest BCUT2D eigenvalue weighted by Crippen LogP contribution is -2.29. The Balaban J connectivity index is 2.04. The van der Waals surface area contributed by atoms with Crippen molar-refractivity contribution in [3.8, 4) is 5.75 Å². The van der Waals surface area contributed by atoms with Crippen LogP contribution in [0.1, 0.15) is 11.1 Å². The van der Waals surface area contributed by atoms with E-state index in [4.69, 9.17) is 14.8 Å². The highest BCUT2D eigenvalue weighted by atomic mass is 19.1.